The lowest BCUT2D eigenvalue weighted by atomic mass is 10.2. The van der Waals surface area contributed by atoms with Crippen LogP contribution in [-0.4, -0.2) is 9.78 Å². The minimum absolute atomic E-state index is 0.0425. The van der Waals surface area contributed by atoms with Gasteiger partial charge in [-0.15, -0.1) is 0 Å². The Morgan fingerprint density at radius 1 is 1.00 bits per heavy atom. The number of nitrogens with zero attached hydrogens (tertiary/aromatic N) is 2. The van der Waals surface area contributed by atoms with Crippen LogP contribution in [-0.2, 0) is 6.18 Å². The van der Waals surface area contributed by atoms with Gasteiger partial charge >= 0.3 is 6.18 Å². The quantitative estimate of drug-likeness (QED) is 0.680. The van der Waals surface area contributed by atoms with Gasteiger partial charge in [-0.25, -0.2) is 4.68 Å². The van der Waals surface area contributed by atoms with E-state index in [0.29, 0.717) is 11.5 Å². The molecule has 118 valence electrons. The van der Waals surface area contributed by atoms with Gasteiger partial charge in [-0.1, -0.05) is 24.3 Å². The van der Waals surface area contributed by atoms with Crippen molar-refractivity contribution < 1.29 is 17.9 Å². The van der Waals surface area contributed by atoms with E-state index in [-0.39, 0.29) is 5.69 Å². The SMILES string of the molecule is Cc1cccc(Oc2cnn(-c3ccccc3C(F)(F)F)c2)c1. The first-order chi connectivity index (χ1) is 10.9. The highest BCUT2D eigenvalue weighted by atomic mass is 19.4. The maximum absolute atomic E-state index is 13.1. The van der Waals surface area contributed by atoms with Crippen LogP contribution in [0.1, 0.15) is 11.1 Å². The lowest BCUT2D eigenvalue weighted by Crippen LogP contribution is -2.10. The molecule has 0 amide bonds. The smallest absolute Gasteiger partial charge is 0.418 e. The lowest BCUT2D eigenvalue weighted by Gasteiger charge is -2.12. The Morgan fingerprint density at radius 3 is 2.52 bits per heavy atom. The van der Waals surface area contributed by atoms with Crippen LogP contribution in [0.5, 0.6) is 11.5 Å². The van der Waals surface area contributed by atoms with Gasteiger partial charge in [0.25, 0.3) is 0 Å². The fraction of sp³-hybridized carbons (Fsp3) is 0.118. The van der Waals surface area contributed by atoms with Gasteiger partial charge in [0.15, 0.2) is 5.75 Å². The molecular weight excluding hydrogens is 305 g/mol. The van der Waals surface area contributed by atoms with E-state index < -0.39 is 11.7 Å². The molecule has 3 nitrogen and oxygen atoms in total. The number of rotatable bonds is 3. The van der Waals surface area contributed by atoms with Gasteiger partial charge < -0.3 is 4.74 Å². The Bertz CT molecular complexity index is 824. The summed E-state index contributed by atoms with van der Waals surface area (Å²) in [5, 5.41) is 3.97. The van der Waals surface area contributed by atoms with E-state index in [1.807, 2.05) is 25.1 Å². The Labute approximate surface area is 130 Å². The minimum atomic E-state index is -4.44. The summed E-state index contributed by atoms with van der Waals surface area (Å²) in [6.07, 6.45) is -1.64. The number of aryl methyl sites for hydroxylation is 1. The summed E-state index contributed by atoms with van der Waals surface area (Å²) < 4.78 is 46.0. The van der Waals surface area contributed by atoms with Crippen LogP contribution >= 0.6 is 0 Å². The highest BCUT2D eigenvalue weighted by molar-refractivity contribution is 5.43. The van der Waals surface area contributed by atoms with E-state index in [1.165, 1.54) is 30.6 Å². The topological polar surface area (TPSA) is 27.1 Å². The van der Waals surface area contributed by atoms with E-state index in [2.05, 4.69) is 5.10 Å². The first kappa shape index (κ1) is 15.1. The van der Waals surface area contributed by atoms with Gasteiger partial charge in [0.2, 0.25) is 0 Å². The molecule has 0 saturated carbocycles. The van der Waals surface area contributed by atoms with Crippen molar-refractivity contribution in [2.45, 2.75) is 13.1 Å². The number of aromatic nitrogens is 2. The summed E-state index contributed by atoms with van der Waals surface area (Å²) in [6.45, 7) is 1.93. The summed E-state index contributed by atoms with van der Waals surface area (Å²) in [5.41, 5.74) is 0.238. The normalized spacial score (nSPS) is 11.5. The van der Waals surface area contributed by atoms with Gasteiger partial charge in [0, 0.05) is 0 Å². The van der Waals surface area contributed by atoms with Crippen molar-refractivity contribution in [1.82, 2.24) is 9.78 Å². The van der Waals surface area contributed by atoms with Crippen molar-refractivity contribution in [2.75, 3.05) is 0 Å². The molecule has 0 fully saturated rings. The molecule has 3 aromatic rings. The van der Waals surface area contributed by atoms with E-state index >= 15 is 0 Å². The second-order valence-electron chi connectivity index (χ2n) is 5.05. The number of alkyl halides is 3. The molecule has 0 saturated heterocycles. The van der Waals surface area contributed by atoms with Crippen LogP contribution in [0.3, 0.4) is 0 Å². The van der Waals surface area contributed by atoms with E-state index in [9.17, 15) is 13.2 Å². The Morgan fingerprint density at radius 2 is 1.78 bits per heavy atom. The van der Waals surface area contributed by atoms with Crippen molar-refractivity contribution >= 4 is 0 Å². The summed E-state index contributed by atoms with van der Waals surface area (Å²) in [7, 11) is 0. The first-order valence-electron chi connectivity index (χ1n) is 6.89. The van der Waals surface area contributed by atoms with Crippen molar-refractivity contribution in [2.24, 2.45) is 0 Å². The molecule has 3 rings (SSSR count). The van der Waals surface area contributed by atoms with Gasteiger partial charge in [-0.2, -0.15) is 18.3 Å². The van der Waals surface area contributed by atoms with E-state index in [4.69, 9.17) is 4.74 Å². The highest BCUT2D eigenvalue weighted by Crippen LogP contribution is 2.34. The van der Waals surface area contributed by atoms with Gasteiger partial charge in [0.05, 0.1) is 23.6 Å². The highest BCUT2D eigenvalue weighted by Gasteiger charge is 2.33. The summed E-state index contributed by atoms with van der Waals surface area (Å²) >= 11 is 0. The van der Waals surface area contributed by atoms with Gasteiger partial charge in [-0.05, 0) is 36.8 Å². The number of hydrogen-bond donors (Lipinski definition) is 0. The number of halogens is 3. The van der Waals surface area contributed by atoms with E-state index in [0.717, 1.165) is 16.3 Å². The number of hydrogen-bond acceptors (Lipinski definition) is 2. The number of para-hydroxylation sites is 1. The Balaban J connectivity index is 1.91. The molecular formula is C17H13F3N2O. The average molecular weight is 318 g/mol. The predicted octanol–water partition coefficient (Wildman–Crippen LogP) is 4.99. The maximum atomic E-state index is 13.1. The monoisotopic (exact) mass is 318 g/mol. The van der Waals surface area contributed by atoms with Crippen molar-refractivity contribution in [3.8, 4) is 17.2 Å². The zero-order valence-electron chi connectivity index (χ0n) is 12.2. The van der Waals surface area contributed by atoms with Crippen molar-refractivity contribution in [1.29, 1.82) is 0 Å². The second kappa shape index (κ2) is 5.79. The molecule has 1 aromatic heterocycles. The van der Waals surface area contributed by atoms with Gasteiger partial charge in [-0.3, -0.25) is 0 Å². The van der Waals surface area contributed by atoms with Gasteiger partial charge in [0.1, 0.15) is 5.75 Å². The molecule has 0 bridgehead atoms. The van der Waals surface area contributed by atoms with Crippen LogP contribution in [0, 0.1) is 6.92 Å². The molecule has 0 aliphatic carbocycles. The third kappa shape index (κ3) is 3.36. The second-order valence-corrected chi connectivity index (χ2v) is 5.05. The fourth-order valence-corrected chi connectivity index (χ4v) is 2.22. The molecule has 2 aromatic carbocycles. The summed E-state index contributed by atoms with van der Waals surface area (Å²) in [5.74, 6) is 0.973. The minimum Gasteiger partial charge on any atom is -0.454 e. The molecule has 0 N–H and O–H groups in total. The molecule has 23 heavy (non-hydrogen) atoms. The van der Waals surface area contributed by atoms with Crippen LogP contribution < -0.4 is 4.74 Å². The standard InChI is InChI=1S/C17H13F3N2O/c1-12-5-4-6-13(9-12)23-14-10-21-22(11-14)16-8-3-2-7-15(16)17(18,19)20/h2-11H,1H3. The van der Waals surface area contributed by atoms with Crippen molar-refractivity contribution in [3.05, 3.63) is 72.1 Å². The third-order valence-electron chi connectivity index (χ3n) is 3.24. The molecule has 0 spiro atoms. The fourth-order valence-electron chi connectivity index (χ4n) is 2.22. The Kier molecular flexibility index (Phi) is 3.82. The van der Waals surface area contributed by atoms with Crippen LogP contribution in [0.4, 0.5) is 13.2 Å². The lowest BCUT2D eigenvalue weighted by molar-refractivity contribution is -0.137. The van der Waals surface area contributed by atoms with Crippen LogP contribution in [0.15, 0.2) is 60.9 Å². The summed E-state index contributed by atoms with van der Waals surface area (Å²) in [6, 6.07) is 12.6. The molecule has 0 atom stereocenters. The van der Waals surface area contributed by atoms with Crippen LogP contribution in [0.25, 0.3) is 5.69 Å². The molecule has 0 radical (unpaired) electrons. The first-order valence-corrected chi connectivity index (χ1v) is 6.89. The Hall–Kier alpha value is -2.76. The third-order valence-corrected chi connectivity index (χ3v) is 3.24. The molecule has 0 aliphatic heterocycles. The maximum Gasteiger partial charge on any atom is 0.418 e. The zero-order valence-corrected chi connectivity index (χ0v) is 12.2. The summed E-state index contributed by atoms with van der Waals surface area (Å²) in [4.78, 5) is 0. The molecule has 6 heteroatoms. The largest absolute Gasteiger partial charge is 0.454 e. The molecule has 1 heterocycles. The molecule has 0 unspecified atom stereocenters. The van der Waals surface area contributed by atoms with E-state index in [1.54, 1.807) is 6.07 Å². The predicted molar refractivity (Wildman–Crippen MR) is 79.8 cm³/mol. The number of ether oxygens (including phenoxy) is 1. The number of benzene rings is 2. The van der Waals surface area contributed by atoms with Crippen molar-refractivity contribution in [3.63, 3.8) is 0 Å². The zero-order chi connectivity index (χ0) is 16.4. The average Bonchev–Trinajstić information content (AvgIpc) is 2.95. The molecule has 0 aliphatic rings. The van der Waals surface area contributed by atoms with Crippen LogP contribution in [0.2, 0.25) is 0 Å².